The van der Waals surface area contributed by atoms with Gasteiger partial charge in [-0.05, 0) is 39.0 Å². The van der Waals surface area contributed by atoms with Crippen LogP contribution in [0.1, 0.15) is 32.2 Å². The van der Waals surface area contributed by atoms with E-state index >= 15 is 0 Å². The lowest BCUT2D eigenvalue weighted by atomic mass is 10.2. The highest BCUT2D eigenvalue weighted by molar-refractivity contribution is 5.76. The SMILES string of the molecule is CC(C)(C)OCc1nc2ccc(C(F)(F)F)cc2[nH]1. The van der Waals surface area contributed by atoms with Crippen molar-refractivity contribution in [3.63, 3.8) is 0 Å². The quantitative estimate of drug-likeness (QED) is 0.900. The Bertz CT molecular complexity index is 582. The van der Waals surface area contributed by atoms with E-state index in [0.717, 1.165) is 12.1 Å². The number of alkyl halides is 3. The zero-order valence-corrected chi connectivity index (χ0v) is 10.9. The van der Waals surface area contributed by atoms with Gasteiger partial charge in [0.25, 0.3) is 0 Å². The molecule has 1 N–H and O–H groups in total. The van der Waals surface area contributed by atoms with Crippen molar-refractivity contribution in [1.82, 2.24) is 9.97 Å². The van der Waals surface area contributed by atoms with E-state index in [2.05, 4.69) is 9.97 Å². The molecule has 0 atom stereocenters. The van der Waals surface area contributed by atoms with Gasteiger partial charge in [0.05, 0.1) is 22.2 Å². The van der Waals surface area contributed by atoms with Gasteiger partial charge in [0.2, 0.25) is 0 Å². The lowest BCUT2D eigenvalue weighted by Gasteiger charge is -2.18. The van der Waals surface area contributed by atoms with Gasteiger partial charge in [-0.3, -0.25) is 0 Å². The fourth-order valence-electron chi connectivity index (χ4n) is 1.59. The maximum atomic E-state index is 12.6. The van der Waals surface area contributed by atoms with Crippen molar-refractivity contribution in [3.05, 3.63) is 29.6 Å². The molecule has 2 aromatic rings. The summed E-state index contributed by atoms with van der Waals surface area (Å²) in [5, 5.41) is 0. The van der Waals surface area contributed by atoms with Gasteiger partial charge >= 0.3 is 6.18 Å². The summed E-state index contributed by atoms with van der Waals surface area (Å²) in [7, 11) is 0. The number of hydrogen-bond donors (Lipinski definition) is 1. The second kappa shape index (κ2) is 4.52. The van der Waals surface area contributed by atoms with E-state index in [4.69, 9.17) is 4.74 Å². The highest BCUT2D eigenvalue weighted by Crippen LogP contribution is 2.30. The van der Waals surface area contributed by atoms with E-state index < -0.39 is 11.7 Å². The molecule has 0 unspecified atom stereocenters. The number of aromatic amines is 1. The second-order valence-electron chi connectivity index (χ2n) is 5.31. The van der Waals surface area contributed by atoms with Crippen molar-refractivity contribution in [2.45, 2.75) is 39.2 Å². The molecule has 0 aliphatic carbocycles. The van der Waals surface area contributed by atoms with Gasteiger partial charge in [0.15, 0.2) is 0 Å². The number of H-pyrrole nitrogens is 1. The zero-order valence-electron chi connectivity index (χ0n) is 10.9. The number of ether oxygens (including phenoxy) is 1. The molecule has 0 amide bonds. The van der Waals surface area contributed by atoms with E-state index in [-0.39, 0.29) is 12.2 Å². The van der Waals surface area contributed by atoms with Crippen molar-refractivity contribution < 1.29 is 17.9 Å². The average Bonchev–Trinajstić information content (AvgIpc) is 2.65. The lowest BCUT2D eigenvalue weighted by Crippen LogP contribution is -2.19. The van der Waals surface area contributed by atoms with Gasteiger partial charge in [-0.15, -0.1) is 0 Å². The minimum Gasteiger partial charge on any atom is -0.368 e. The molecule has 0 saturated carbocycles. The number of benzene rings is 1. The molecule has 19 heavy (non-hydrogen) atoms. The van der Waals surface area contributed by atoms with Crippen molar-refractivity contribution in [2.75, 3.05) is 0 Å². The topological polar surface area (TPSA) is 37.9 Å². The Hall–Kier alpha value is -1.56. The van der Waals surface area contributed by atoms with E-state index in [1.807, 2.05) is 20.8 Å². The number of nitrogens with one attached hydrogen (secondary N) is 1. The van der Waals surface area contributed by atoms with Gasteiger partial charge in [-0.25, -0.2) is 4.98 Å². The number of imidazole rings is 1. The van der Waals surface area contributed by atoms with Gasteiger partial charge in [-0.2, -0.15) is 13.2 Å². The summed E-state index contributed by atoms with van der Waals surface area (Å²) in [6.45, 7) is 5.94. The molecule has 0 aliphatic rings. The van der Waals surface area contributed by atoms with Crippen LogP contribution in [-0.4, -0.2) is 15.6 Å². The smallest absolute Gasteiger partial charge is 0.368 e. The van der Waals surface area contributed by atoms with Crippen LogP contribution in [0.4, 0.5) is 13.2 Å². The third-order valence-corrected chi connectivity index (χ3v) is 2.50. The molecule has 1 aromatic heterocycles. The van der Waals surface area contributed by atoms with Crippen LogP contribution in [-0.2, 0) is 17.5 Å². The summed E-state index contributed by atoms with van der Waals surface area (Å²) >= 11 is 0. The zero-order chi connectivity index (χ0) is 14.3. The van der Waals surface area contributed by atoms with Gasteiger partial charge in [-0.1, -0.05) is 0 Å². The molecular formula is C13H15F3N2O. The van der Waals surface area contributed by atoms with E-state index in [1.165, 1.54) is 6.07 Å². The van der Waals surface area contributed by atoms with E-state index in [1.54, 1.807) is 0 Å². The average molecular weight is 272 g/mol. The summed E-state index contributed by atoms with van der Waals surface area (Å²) in [5.74, 6) is 0.518. The molecule has 0 bridgehead atoms. The standard InChI is InChI=1S/C13H15F3N2O/c1-12(2,3)19-7-11-17-9-5-4-8(13(14,15)16)6-10(9)18-11/h4-6H,7H2,1-3H3,(H,17,18). The second-order valence-corrected chi connectivity index (χ2v) is 5.31. The normalized spacial score (nSPS) is 13.2. The van der Waals surface area contributed by atoms with Crippen molar-refractivity contribution in [1.29, 1.82) is 0 Å². The monoisotopic (exact) mass is 272 g/mol. The molecule has 0 radical (unpaired) electrons. The molecule has 0 spiro atoms. The van der Waals surface area contributed by atoms with Crippen LogP contribution in [0.5, 0.6) is 0 Å². The minimum atomic E-state index is -4.35. The Kier molecular flexibility index (Phi) is 3.30. The van der Waals surface area contributed by atoms with Crippen LogP contribution in [0.15, 0.2) is 18.2 Å². The summed E-state index contributed by atoms with van der Waals surface area (Å²) in [4.78, 5) is 7.04. The van der Waals surface area contributed by atoms with Gasteiger partial charge in [0.1, 0.15) is 12.4 Å². The fourth-order valence-corrected chi connectivity index (χ4v) is 1.59. The van der Waals surface area contributed by atoms with Gasteiger partial charge in [0, 0.05) is 0 Å². The van der Waals surface area contributed by atoms with Crippen LogP contribution in [0.3, 0.4) is 0 Å². The Morgan fingerprint density at radius 1 is 1.21 bits per heavy atom. The maximum absolute atomic E-state index is 12.6. The Morgan fingerprint density at radius 3 is 2.47 bits per heavy atom. The minimum absolute atomic E-state index is 0.236. The summed E-state index contributed by atoms with van der Waals surface area (Å²) in [5.41, 5.74) is -0.148. The summed E-state index contributed by atoms with van der Waals surface area (Å²) in [6, 6.07) is 3.44. The molecule has 3 nitrogen and oxygen atoms in total. The first kappa shape index (κ1) is 13.9. The molecule has 0 fully saturated rings. The lowest BCUT2D eigenvalue weighted by molar-refractivity contribution is -0.137. The van der Waals surface area contributed by atoms with Crippen molar-refractivity contribution in [3.8, 4) is 0 Å². The fraction of sp³-hybridized carbons (Fsp3) is 0.462. The first-order chi connectivity index (χ1) is 8.65. The van der Waals surface area contributed by atoms with E-state index in [0.29, 0.717) is 16.9 Å². The van der Waals surface area contributed by atoms with Gasteiger partial charge < -0.3 is 9.72 Å². The summed E-state index contributed by atoms with van der Waals surface area (Å²) < 4.78 is 43.2. The number of halogens is 3. The molecule has 6 heteroatoms. The third-order valence-electron chi connectivity index (χ3n) is 2.50. The molecule has 1 heterocycles. The van der Waals surface area contributed by atoms with Crippen LogP contribution >= 0.6 is 0 Å². The molecule has 2 rings (SSSR count). The van der Waals surface area contributed by atoms with Crippen molar-refractivity contribution in [2.24, 2.45) is 0 Å². The highest BCUT2D eigenvalue weighted by atomic mass is 19.4. The number of aromatic nitrogens is 2. The molecule has 0 aliphatic heterocycles. The van der Waals surface area contributed by atoms with Crippen LogP contribution in [0.25, 0.3) is 11.0 Å². The number of fused-ring (bicyclic) bond motifs is 1. The largest absolute Gasteiger partial charge is 0.416 e. The highest BCUT2D eigenvalue weighted by Gasteiger charge is 2.30. The predicted molar refractivity (Wildman–Crippen MR) is 65.6 cm³/mol. The third kappa shape index (κ3) is 3.47. The number of hydrogen-bond acceptors (Lipinski definition) is 2. The molecular weight excluding hydrogens is 257 g/mol. The van der Waals surface area contributed by atoms with Crippen molar-refractivity contribution >= 4 is 11.0 Å². The Labute approximate surface area is 108 Å². The Morgan fingerprint density at radius 2 is 1.89 bits per heavy atom. The predicted octanol–water partition coefficient (Wildman–Crippen LogP) is 3.90. The van der Waals surface area contributed by atoms with Crippen LogP contribution in [0, 0.1) is 0 Å². The number of rotatable bonds is 2. The Balaban J connectivity index is 2.26. The summed E-state index contributed by atoms with van der Waals surface area (Å²) in [6.07, 6.45) is -4.35. The molecule has 1 aromatic carbocycles. The van der Waals surface area contributed by atoms with Crippen LogP contribution < -0.4 is 0 Å². The van der Waals surface area contributed by atoms with E-state index in [9.17, 15) is 13.2 Å². The first-order valence-electron chi connectivity index (χ1n) is 5.85. The molecule has 0 saturated heterocycles. The molecule has 104 valence electrons. The number of nitrogens with zero attached hydrogens (tertiary/aromatic N) is 1. The maximum Gasteiger partial charge on any atom is 0.416 e. The first-order valence-corrected chi connectivity index (χ1v) is 5.85. The van der Waals surface area contributed by atoms with Crippen LogP contribution in [0.2, 0.25) is 0 Å².